The average Bonchev–Trinajstić information content (AvgIpc) is 2.74. The Kier molecular flexibility index (Phi) is 5.29. The van der Waals surface area contributed by atoms with Gasteiger partial charge in [-0.15, -0.1) is 0 Å². The summed E-state index contributed by atoms with van der Waals surface area (Å²) >= 11 is 1.82. The molecule has 0 spiro atoms. The highest BCUT2D eigenvalue weighted by molar-refractivity contribution is 7.99. The number of thioether (sulfide) groups is 1. The number of nitrogens with one attached hydrogen (secondary N) is 1. The molecule has 1 atom stereocenters. The molecule has 6 heteroatoms. The van der Waals surface area contributed by atoms with Crippen molar-refractivity contribution in [2.45, 2.75) is 12.5 Å². The Hall–Kier alpha value is -1.69. The van der Waals surface area contributed by atoms with Gasteiger partial charge in [-0.2, -0.15) is 11.8 Å². The molecule has 2 amide bonds. The number of nitrogens with zero attached hydrogens (tertiary/aromatic N) is 1. The van der Waals surface area contributed by atoms with Crippen LogP contribution in [0.2, 0.25) is 0 Å². The first-order chi connectivity index (χ1) is 9.68. The third-order valence-corrected chi connectivity index (χ3v) is 4.21. The van der Waals surface area contributed by atoms with E-state index in [0.29, 0.717) is 18.7 Å². The number of benzene rings is 1. The molecule has 1 saturated heterocycles. The quantitative estimate of drug-likeness (QED) is 0.894. The molecule has 0 unspecified atom stereocenters. The van der Waals surface area contributed by atoms with Gasteiger partial charge in [0.05, 0.1) is 0 Å². The van der Waals surface area contributed by atoms with Gasteiger partial charge in [-0.05, 0) is 17.7 Å². The van der Waals surface area contributed by atoms with Crippen LogP contribution in [0.5, 0.6) is 0 Å². The first-order valence-corrected chi connectivity index (χ1v) is 7.75. The predicted molar refractivity (Wildman–Crippen MR) is 78.9 cm³/mol. The Balaban J connectivity index is 2.04. The Morgan fingerprint density at radius 1 is 1.20 bits per heavy atom. The molecule has 108 valence electrons. The van der Waals surface area contributed by atoms with Crippen LogP contribution in [0, 0.1) is 0 Å². The Morgan fingerprint density at radius 2 is 1.95 bits per heavy atom. The van der Waals surface area contributed by atoms with E-state index in [0.717, 1.165) is 17.9 Å². The highest BCUT2D eigenvalue weighted by atomic mass is 32.2. The number of hydrogen-bond donors (Lipinski definition) is 2. The number of carbonyl (C=O) groups excluding carboxylic acids is 1. The average molecular weight is 294 g/mol. The summed E-state index contributed by atoms with van der Waals surface area (Å²) < 4.78 is 0. The lowest BCUT2D eigenvalue weighted by molar-refractivity contribution is -0.139. The number of amides is 2. The van der Waals surface area contributed by atoms with Gasteiger partial charge in [-0.25, -0.2) is 9.59 Å². The SMILES string of the molecule is O=C(O)[C@@H](NC(=O)N1CCCSCC1)c1ccccc1. The fraction of sp³-hybridized carbons (Fsp3) is 0.429. The van der Waals surface area contributed by atoms with E-state index in [9.17, 15) is 14.7 Å². The molecule has 1 aliphatic rings. The second-order valence-corrected chi connectivity index (χ2v) is 5.81. The van der Waals surface area contributed by atoms with E-state index < -0.39 is 12.0 Å². The van der Waals surface area contributed by atoms with Gasteiger partial charge < -0.3 is 15.3 Å². The maximum Gasteiger partial charge on any atom is 0.330 e. The second-order valence-electron chi connectivity index (χ2n) is 4.58. The molecule has 0 bridgehead atoms. The second kappa shape index (κ2) is 7.19. The van der Waals surface area contributed by atoms with Crippen molar-refractivity contribution in [3.05, 3.63) is 35.9 Å². The molecule has 1 aromatic carbocycles. The lowest BCUT2D eigenvalue weighted by Crippen LogP contribution is -2.44. The largest absolute Gasteiger partial charge is 0.479 e. The van der Waals surface area contributed by atoms with Crippen molar-refractivity contribution in [2.75, 3.05) is 24.6 Å². The van der Waals surface area contributed by atoms with Gasteiger partial charge in [0, 0.05) is 18.8 Å². The zero-order valence-corrected chi connectivity index (χ0v) is 11.9. The van der Waals surface area contributed by atoms with E-state index in [1.54, 1.807) is 29.2 Å². The van der Waals surface area contributed by atoms with E-state index >= 15 is 0 Å². The van der Waals surface area contributed by atoms with Crippen molar-refractivity contribution in [1.82, 2.24) is 10.2 Å². The molecular weight excluding hydrogens is 276 g/mol. The third kappa shape index (κ3) is 3.90. The van der Waals surface area contributed by atoms with Crippen LogP contribution >= 0.6 is 11.8 Å². The Bertz CT molecular complexity index is 459. The first-order valence-electron chi connectivity index (χ1n) is 6.59. The number of carbonyl (C=O) groups is 2. The monoisotopic (exact) mass is 294 g/mol. The highest BCUT2D eigenvalue weighted by Gasteiger charge is 2.24. The van der Waals surface area contributed by atoms with Crippen molar-refractivity contribution < 1.29 is 14.7 Å². The molecule has 5 nitrogen and oxygen atoms in total. The number of carboxylic acid groups (broad SMARTS) is 1. The van der Waals surface area contributed by atoms with Crippen LogP contribution in [-0.2, 0) is 4.79 Å². The topological polar surface area (TPSA) is 69.6 Å². The minimum Gasteiger partial charge on any atom is -0.479 e. The van der Waals surface area contributed by atoms with Crippen LogP contribution < -0.4 is 5.32 Å². The lowest BCUT2D eigenvalue weighted by atomic mass is 10.1. The fourth-order valence-corrected chi connectivity index (χ4v) is 2.98. The van der Waals surface area contributed by atoms with Gasteiger partial charge in [-0.1, -0.05) is 30.3 Å². The zero-order chi connectivity index (χ0) is 14.4. The molecule has 0 aromatic heterocycles. The molecule has 2 rings (SSSR count). The predicted octanol–water partition coefficient (Wildman–Crippen LogP) is 1.96. The summed E-state index contributed by atoms with van der Waals surface area (Å²) in [5, 5.41) is 11.9. The Morgan fingerprint density at radius 3 is 2.65 bits per heavy atom. The number of urea groups is 1. The van der Waals surface area contributed by atoms with Gasteiger partial charge in [0.25, 0.3) is 0 Å². The van der Waals surface area contributed by atoms with E-state index in [4.69, 9.17) is 0 Å². The molecule has 1 aliphatic heterocycles. The van der Waals surface area contributed by atoms with Crippen molar-refractivity contribution in [1.29, 1.82) is 0 Å². The normalized spacial score (nSPS) is 17.1. The maximum atomic E-state index is 12.2. The molecule has 1 fully saturated rings. The number of carboxylic acids is 1. The first kappa shape index (κ1) is 14.7. The summed E-state index contributed by atoms with van der Waals surface area (Å²) in [7, 11) is 0. The molecular formula is C14H18N2O3S. The number of hydrogen-bond acceptors (Lipinski definition) is 3. The van der Waals surface area contributed by atoms with Gasteiger partial charge >= 0.3 is 12.0 Å². The molecule has 0 radical (unpaired) electrons. The van der Waals surface area contributed by atoms with Crippen LogP contribution in [0.3, 0.4) is 0 Å². The van der Waals surface area contributed by atoms with Crippen molar-refractivity contribution in [2.24, 2.45) is 0 Å². The van der Waals surface area contributed by atoms with Gasteiger partial charge in [0.15, 0.2) is 6.04 Å². The van der Waals surface area contributed by atoms with Crippen molar-refractivity contribution in [3.8, 4) is 0 Å². The smallest absolute Gasteiger partial charge is 0.330 e. The van der Waals surface area contributed by atoms with Crippen LogP contribution in [0.25, 0.3) is 0 Å². The maximum absolute atomic E-state index is 12.2. The van der Waals surface area contributed by atoms with E-state index in [1.165, 1.54) is 0 Å². The molecule has 20 heavy (non-hydrogen) atoms. The van der Waals surface area contributed by atoms with E-state index in [1.807, 2.05) is 17.8 Å². The molecule has 1 heterocycles. The van der Waals surface area contributed by atoms with E-state index in [2.05, 4.69) is 5.32 Å². The minimum atomic E-state index is -1.05. The number of aliphatic carboxylic acids is 1. The van der Waals surface area contributed by atoms with Crippen LogP contribution in [-0.4, -0.2) is 46.6 Å². The van der Waals surface area contributed by atoms with Gasteiger partial charge in [0.1, 0.15) is 0 Å². The standard InChI is InChI=1S/C14H18N2O3S/c17-13(18)12(11-5-2-1-3-6-11)15-14(19)16-7-4-9-20-10-8-16/h1-3,5-6,12H,4,7-10H2,(H,15,19)(H,17,18)/t12-/m0/s1. The molecule has 2 N–H and O–H groups in total. The van der Waals surface area contributed by atoms with Crippen molar-refractivity contribution >= 4 is 23.8 Å². The molecule has 0 saturated carbocycles. The van der Waals surface area contributed by atoms with Crippen LogP contribution in [0.15, 0.2) is 30.3 Å². The summed E-state index contributed by atoms with van der Waals surface area (Å²) in [6, 6.07) is 7.45. The van der Waals surface area contributed by atoms with Crippen LogP contribution in [0.1, 0.15) is 18.0 Å². The van der Waals surface area contributed by atoms with Gasteiger partial charge in [0.2, 0.25) is 0 Å². The van der Waals surface area contributed by atoms with E-state index in [-0.39, 0.29) is 6.03 Å². The van der Waals surface area contributed by atoms with Crippen LogP contribution in [0.4, 0.5) is 4.79 Å². The number of rotatable bonds is 3. The third-order valence-electron chi connectivity index (χ3n) is 3.16. The molecule has 1 aromatic rings. The minimum absolute atomic E-state index is 0.302. The summed E-state index contributed by atoms with van der Waals surface area (Å²) in [6.07, 6.45) is 0.946. The zero-order valence-electron chi connectivity index (χ0n) is 11.1. The summed E-state index contributed by atoms with van der Waals surface area (Å²) in [5.74, 6) is 0.898. The highest BCUT2D eigenvalue weighted by Crippen LogP contribution is 2.15. The Labute approximate surface area is 122 Å². The summed E-state index contributed by atoms with van der Waals surface area (Å²) in [5.41, 5.74) is 0.581. The fourth-order valence-electron chi connectivity index (χ4n) is 2.10. The van der Waals surface area contributed by atoms with Gasteiger partial charge in [-0.3, -0.25) is 0 Å². The summed E-state index contributed by atoms with van der Waals surface area (Å²) in [6.45, 7) is 1.34. The summed E-state index contributed by atoms with van der Waals surface area (Å²) in [4.78, 5) is 25.2. The molecule has 0 aliphatic carbocycles. The lowest BCUT2D eigenvalue weighted by Gasteiger charge is -2.23. The van der Waals surface area contributed by atoms with Crippen molar-refractivity contribution in [3.63, 3.8) is 0 Å².